The van der Waals surface area contributed by atoms with Gasteiger partial charge >= 0.3 is 6.03 Å². The van der Waals surface area contributed by atoms with E-state index in [4.69, 9.17) is 0 Å². The van der Waals surface area contributed by atoms with Gasteiger partial charge in [-0.25, -0.2) is 15.2 Å². The molecule has 0 saturated heterocycles. The Balaban J connectivity index is 1.49. The summed E-state index contributed by atoms with van der Waals surface area (Å²) in [6, 6.07) is 29.9. The zero-order valence-electron chi connectivity index (χ0n) is 18.9. The molecule has 0 aliphatic carbocycles. The Kier molecular flexibility index (Phi) is 8.34. The summed E-state index contributed by atoms with van der Waals surface area (Å²) in [5.41, 5.74) is 8.87. The fraction of sp³-hybridized carbons (Fsp3) is 0.0370. The number of benzene rings is 3. The van der Waals surface area contributed by atoms with Gasteiger partial charge in [-0.3, -0.25) is 10.2 Å². The molecule has 0 bridgehead atoms. The maximum absolute atomic E-state index is 12.4. The Morgan fingerprint density at radius 1 is 0.889 bits per heavy atom. The molecule has 0 fully saturated rings. The summed E-state index contributed by atoms with van der Waals surface area (Å²) in [5.74, 6) is -0.493. The molecule has 1 heterocycles. The van der Waals surface area contributed by atoms with Crippen LogP contribution in [0, 0.1) is 11.3 Å². The highest BCUT2D eigenvalue weighted by atomic mass is 79.9. The summed E-state index contributed by atoms with van der Waals surface area (Å²) in [7, 11) is 0. The van der Waals surface area contributed by atoms with Gasteiger partial charge in [0, 0.05) is 21.3 Å². The molecule has 0 atom stereocenters. The van der Waals surface area contributed by atoms with Crippen LogP contribution in [0.3, 0.4) is 0 Å². The first-order chi connectivity index (χ1) is 17.5. The number of urea groups is 1. The summed E-state index contributed by atoms with van der Waals surface area (Å²) < 4.78 is 0.814. The number of halogens is 1. The average molecular weight is 558 g/mol. The molecule has 3 N–H and O–H groups in total. The molecule has 0 aliphatic heterocycles. The number of pyridine rings is 1. The van der Waals surface area contributed by atoms with Gasteiger partial charge in [0.1, 0.15) is 11.1 Å². The number of hydrogen-bond donors (Lipinski definition) is 3. The highest BCUT2D eigenvalue weighted by molar-refractivity contribution is 9.10. The van der Waals surface area contributed by atoms with Gasteiger partial charge in [0.25, 0.3) is 0 Å². The fourth-order valence-electron chi connectivity index (χ4n) is 3.36. The van der Waals surface area contributed by atoms with Crippen molar-refractivity contribution in [2.45, 2.75) is 5.03 Å². The molecule has 0 spiro atoms. The van der Waals surface area contributed by atoms with Gasteiger partial charge in [-0.15, -0.1) is 0 Å². The smallest absolute Gasteiger partial charge is 0.307 e. The highest BCUT2D eigenvalue weighted by Gasteiger charge is 2.17. The van der Waals surface area contributed by atoms with E-state index >= 15 is 0 Å². The molecule has 4 aromatic rings. The quantitative estimate of drug-likeness (QED) is 0.199. The van der Waals surface area contributed by atoms with Crippen molar-refractivity contribution in [3.05, 3.63) is 101 Å². The Bertz CT molecular complexity index is 1430. The van der Waals surface area contributed by atoms with E-state index in [9.17, 15) is 14.9 Å². The standard InChI is InChI=1S/C27H20BrN5O2S/c28-20-12-7-13-21(14-20)30-27(35)33-32-25(34)17-36-26-23(16-29)22(18-8-3-1-4-9-18)15-24(31-26)19-10-5-2-6-11-19/h1-15H,17H2,(H,32,34)(H2,30,33,35). The zero-order chi connectivity index (χ0) is 25.3. The first-order valence-corrected chi connectivity index (χ1v) is 12.6. The van der Waals surface area contributed by atoms with Crippen LogP contribution in [0.25, 0.3) is 22.4 Å². The van der Waals surface area contributed by atoms with Crippen molar-refractivity contribution < 1.29 is 9.59 Å². The van der Waals surface area contributed by atoms with Crippen LogP contribution in [0.1, 0.15) is 5.56 Å². The van der Waals surface area contributed by atoms with E-state index in [1.165, 1.54) is 0 Å². The lowest BCUT2D eigenvalue weighted by Gasteiger charge is -2.13. The van der Waals surface area contributed by atoms with E-state index < -0.39 is 11.9 Å². The van der Waals surface area contributed by atoms with Crippen molar-refractivity contribution >= 4 is 45.3 Å². The summed E-state index contributed by atoms with van der Waals surface area (Å²) >= 11 is 4.47. The number of hydrogen-bond acceptors (Lipinski definition) is 5. The van der Waals surface area contributed by atoms with E-state index in [1.807, 2.05) is 72.8 Å². The minimum atomic E-state index is -0.584. The Labute approximate surface area is 221 Å². The molecule has 1 aromatic heterocycles. The van der Waals surface area contributed by atoms with Crippen LogP contribution in [0.15, 0.2) is 100 Å². The Morgan fingerprint density at radius 3 is 2.25 bits per heavy atom. The van der Waals surface area contributed by atoms with Crippen LogP contribution in [0.5, 0.6) is 0 Å². The molecule has 0 unspecified atom stereocenters. The predicted molar refractivity (Wildman–Crippen MR) is 145 cm³/mol. The monoisotopic (exact) mass is 557 g/mol. The van der Waals surface area contributed by atoms with Gasteiger partial charge in [0.15, 0.2) is 0 Å². The van der Waals surface area contributed by atoms with Gasteiger partial charge < -0.3 is 5.32 Å². The molecule has 0 saturated carbocycles. The number of nitrogens with one attached hydrogen (secondary N) is 3. The summed E-state index contributed by atoms with van der Waals surface area (Å²) in [4.78, 5) is 29.2. The Morgan fingerprint density at radius 2 is 1.58 bits per heavy atom. The van der Waals surface area contributed by atoms with Crippen molar-refractivity contribution in [1.82, 2.24) is 15.8 Å². The first kappa shape index (κ1) is 25.0. The van der Waals surface area contributed by atoms with Gasteiger partial charge in [0.2, 0.25) is 5.91 Å². The van der Waals surface area contributed by atoms with Gasteiger partial charge in [-0.05, 0) is 29.8 Å². The lowest BCUT2D eigenvalue weighted by Crippen LogP contribution is -2.44. The molecule has 3 aromatic carbocycles. The molecular weight excluding hydrogens is 538 g/mol. The van der Waals surface area contributed by atoms with Crippen LogP contribution in [0.4, 0.5) is 10.5 Å². The normalized spacial score (nSPS) is 10.2. The number of rotatable bonds is 6. The zero-order valence-corrected chi connectivity index (χ0v) is 21.3. The van der Waals surface area contributed by atoms with Gasteiger partial charge in [-0.1, -0.05) is 94.4 Å². The number of nitrogens with zero attached hydrogens (tertiary/aromatic N) is 2. The second-order valence-electron chi connectivity index (χ2n) is 7.51. The summed E-state index contributed by atoms with van der Waals surface area (Å²) in [6.45, 7) is 0. The average Bonchev–Trinajstić information content (AvgIpc) is 2.91. The van der Waals surface area contributed by atoms with E-state index in [2.05, 4.69) is 43.2 Å². The minimum absolute atomic E-state index is 0.0503. The molecule has 0 radical (unpaired) electrons. The van der Waals surface area contributed by atoms with Crippen LogP contribution >= 0.6 is 27.7 Å². The minimum Gasteiger partial charge on any atom is -0.307 e. The maximum atomic E-state index is 12.4. The Hall–Kier alpha value is -4.13. The van der Waals surface area contributed by atoms with Crippen LogP contribution < -0.4 is 16.2 Å². The van der Waals surface area contributed by atoms with Crippen molar-refractivity contribution in [2.75, 3.05) is 11.1 Å². The molecule has 4 rings (SSSR count). The molecule has 7 nitrogen and oxygen atoms in total. The summed E-state index contributed by atoms with van der Waals surface area (Å²) in [6.07, 6.45) is 0. The van der Waals surface area contributed by atoms with E-state index in [0.29, 0.717) is 22.0 Å². The van der Waals surface area contributed by atoms with Crippen molar-refractivity contribution in [2.24, 2.45) is 0 Å². The largest absolute Gasteiger partial charge is 0.337 e. The number of carbonyl (C=O) groups excluding carboxylic acids is 2. The molecule has 36 heavy (non-hydrogen) atoms. The van der Waals surface area contributed by atoms with E-state index in [-0.39, 0.29) is 5.75 Å². The number of aromatic nitrogens is 1. The van der Waals surface area contributed by atoms with Gasteiger partial charge in [-0.2, -0.15) is 5.26 Å². The van der Waals surface area contributed by atoms with Gasteiger partial charge in [0.05, 0.1) is 17.0 Å². The van der Waals surface area contributed by atoms with Crippen LogP contribution in [0.2, 0.25) is 0 Å². The summed E-state index contributed by atoms with van der Waals surface area (Å²) in [5, 5.41) is 13.0. The first-order valence-electron chi connectivity index (χ1n) is 10.8. The van der Waals surface area contributed by atoms with E-state index in [0.717, 1.165) is 32.9 Å². The lowest BCUT2D eigenvalue weighted by atomic mass is 9.99. The SMILES string of the molecule is N#Cc1c(-c2ccccc2)cc(-c2ccccc2)nc1SCC(=O)NNC(=O)Nc1cccc(Br)c1. The van der Waals surface area contributed by atoms with Crippen LogP contribution in [-0.4, -0.2) is 22.7 Å². The third kappa shape index (κ3) is 6.50. The lowest BCUT2D eigenvalue weighted by molar-refractivity contribution is -0.119. The second-order valence-corrected chi connectivity index (χ2v) is 9.39. The predicted octanol–water partition coefficient (Wildman–Crippen LogP) is 5.99. The molecule has 178 valence electrons. The molecule has 0 aliphatic rings. The second kappa shape index (κ2) is 12.0. The van der Waals surface area contributed by atoms with Crippen molar-refractivity contribution in [3.8, 4) is 28.5 Å². The van der Waals surface area contributed by atoms with Crippen molar-refractivity contribution in [1.29, 1.82) is 5.26 Å². The third-order valence-corrected chi connectivity index (χ3v) is 6.46. The molecular formula is C27H20BrN5O2S. The number of anilines is 1. The third-order valence-electron chi connectivity index (χ3n) is 4.99. The number of carbonyl (C=O) groups is 2. The number of amides is 3. The molecule has 9 heteroatoms. The van der Waals surface area contributed by atoms with Crippen molar-refractivity contribution in [3.63, 3.8) is 0 Å². The number of hydrazine groups is 1. The highest BCUT2D eigenvalue weighted by Crippen LogP contribution is 2.34. The number of thioether (sulfide) groups is 1. The molecule has 3 amide bonds. The van der Waals surface area contributed by atoms with E-state index in [1.54, 1.807) is 18.2 Å². The maximum Gasteiger partial charge on any atom is 0.337 e. The topological polar surface area (TPSA) is 107 Å². The van der Waals surface area contributed by atoms with Crippen LogP contribution in [-0.2, 0) is 4.79 Å². The fourth-order valence-corrected chi connectivity index (χ4v) is 4.56. The number of nitriles is 1.